The van der Waals surface area contributed by atoms with Gasteiger partial charge in [-0.1, -0.05) is 5.21 Å². The Labute approximate surface area is 152 Å². The van der Waals surface area contributed by atoms with Crippen LogP contribution in [0.4, 0.5) is 0 Å². The van der Waals surface area contributed by atoms with Crippen molar-refractivity contribution in [2.45, 2.75) is 38.3 Å². The normalized spacial score (nSPS) is 21.1. The van der Waals surface area contributed by atoms with Crippen LogP contribution in [0, 0.1) is 0 Å². The summed E-state index contributed by atoms with van der Waals surface area (Å²) in [5, 5.41) is 8.59. The van der Waals surface area contributed by atoms with E-state index in [9.17, 15) is 4.79 Å². The molecule has 1 unspecified atom stereocenters. The van der Waals surface area contributed by atoms with E-state index in [-0.39, 0.29) is 17.6 Å². The predicted molar refractivity (Wildman–Crippen MR) is 96.0 cm³/mol. The molecule has 1 amide bonds. The van der Waals surface area contributed by atoms with E-state index in [1.807, 2.05) is 27.9 Å². The number of benzene rings is 1. The lowest BCUT2D eigenvalue weighted by molar-refractivity contribution is -0.128. The second-order valence-electron chi connectivity index (χ2n) is 7.64. The summed E-state index contributed by atoms with van der Waals surface area (Å²) in [6.07, 6.45) is 3.27. The first-order chi connectivity index (χ1) is 12.4. The second kappa shape index (κ2) is 6.39. The summed E-state index contributed by atoms with van der Waals surface area (Å²) in [5.41, 5.74) is 2.88. The van der Waals surface area contributed by atoms with Crippen LogP contribution in [0.3, 0.4) is 0 Å². The van der Waals surface area contributed by atoms with Crippen molar-refractivity contribution in [1.29, 1.82) is 0 Å². The summed E-state index contributed by atoms with van der Waals surface area (Å²) in [6.45, 7) is 6.00. The highest BCUT2D eigenvalue weighted by atomic mass is 16.5. The van der Waals surface area contributed by atoms with E-state index in [2.05, 4.69) is 30.2 Å². The number of carbonyl (C=O) groups is 1. The van der Waals surface area contributed by atoms with Crippen LogP contribution in [0.2, 0.25) is 0 Å². The van der Waals surface area contributed by atoms with Gasteiger partial charge in [-0.25, -0.2) is 4.68 Å². The van der Waals surface area contributed by atoms with Gasteiger partial charge in [-0.15, -0.1) is 5.10 Å². The maximum Gasteiger partial charge on any atom is 0.224 e. The first-order valence-corrected chi connectivity index (χ1v) is 8.96. The molecule has 1 saturated heterocycles. The molecule has 0 radical (unpaired) electrons. The minimum atomic E-state index is -0.158. The topological polar surface area (TPSA) is 69.5 Å². The van der Waals surface area contributed by atoms with E-state index >= 15 is 0 Å². The summed E-state index contributed by atoms with van der Waals surface area (Å²) in [5.74, 6) is 1.09. The molecule has 1 fully saturated rings. The Bertz CT molecular complexity index is 830. The van der Waals surface area contributed by atoms with Crippen molar-refractivity contribution < 1.29 is 14.3 Å². The van der Waals surface area contributed by atoms with Gasteiger partial charge in [0.25, 0.3) is 0 Å². The molecule has 26 heavy (non-hydrogen) atoms. The average Bonchev–Trinajstić information content (AvgIpc) is 3.27. The zero-order valence-electron chi connectivity index (χ0n) is 15.4. The van der Waals surface area contributed by atoms with E-state index in [4.69, 9.17) is 9.47 Å². The number of rotatable bonds is 5. The van der Waals surface area contributed by atoms with Crippen LogP contribution in [-0.2, 0) is 16.0 Å². The molecule has 3 heterocycles. The highest BCUT2D eigenvalue weighted by molar-refractivity contribution is 5.79. The quantitative estimate of drug-likeness (QED) is 0.820. The van der Waals surface area contributed by atoms with Gasteiger partial charge >= 0.3 is 0 Å². The van der Waals surface area contributed by atoms with Crippen molar-refractivity contribution in [3.8, 4) is 17.0 Å². The van der Waals surface area contributed by atoms with Gasteiger partial charge in [-0.05, 0) is 37.6 Å². The molecule has 7 heteroatoms. The van der Waals surface area contributed by atoms with Crippen LogP contribution in [0.15, 0.2) is 24.4 Å². The van der Waals surface area contributed by atoms with E-state index in [1.165, 1.54) is 5.56 Å². The van der Waals surface area contributed by atoms with Gasteiger partial charge in [0.1, 0.15) is 17.0 Å². The molecule has 0 spiro atoms. The highest BCUT2D eigenvalue weighted by Gasteiger charge is 2.32. The second-order valence-corrected chi connectivity index (χ2v) is 7.64. The molecule has 0 bridgehead atoms. The minimum Gasteiger partial charge on any atom is -0.487 e. The van der Waals surface area contributed by atoms with Crippen molar-refractivity contribution in [2.24, 2.45) is 0 Å². The summed E-state index contributed by atoms with van der Waals surface area (Å²) in [7, 11) is 1.64. The molecule has 1 aromatic heterocycles. The van der Waals surface area contributed by atoms with Crippen molar-refractivity contribution >= 4 is 5.91 Å². The highest BCUT2D eigenvalue weighted by Crippen LogP contribution is 2.37. The molecule has 2 aliphatic heterocycles. The number of carbonyl (C=O) groups excluding carboxylic acids is 1. The van der Waals surface area contributed by atoms with Gasteiger partial charge < -0.3 is 14.4 Å². The van der Waals surface area contributed by atoms with Crippen molar-refractivity contribution in [3.05, 3.63) is 30.0 Å². The third-order valence-electron chi connectivity index (χ3n) is 5.00. The van der Waals surface area contributed by atoms with Crippen molar-refractivity contribution in [3.63, 3.8) is 0 Å². The molecular formula is C19H24N4O3. The van der Waals surface area contributed by atoms with Crippen LogP contribution in [0.5, 0.6) is 5.75 Å². The number of hydrogen-bond acceptors (Lipinski definition) is 5. The van der Waals surface area contributed by atoms with Gasteiger partial charge in [0.05, 0.1) is 25.3 Å². The molecule has 7 nitrogen and oxygen atoms in total. The molecule has 138 valence electrons. The van der Waals surface area contributed by atoms with E-state index in [1.54, 1.807) is 7.11 Å². The van der Waals surface area contributed by atoms with Gasteiger partial charge in [-0.3, -0.25) is 4.79 Å². The number of amides is 1. The fraction of sp³-hybridized carbons (Fsp3) is 0.526. The van der Waals surface area contributed by atoms with Crippen LogP contribution >= 0.6 is 0 Å². The van der Waals surface area contributed by atoms with Crippen LogP contribution < -0.4 is 4.74 Å². The zero-order valence-corrected chi connectivity index (χ0v) is 15.4. The number of aromatic nitrogens is 3. The number of ether oxygens (including phenoxy) is 2. The molecule has 2 aliphatic rings. The van der Waals surface area contributed by atoms with Gasteiger partial charge in [0, 0.05) is 32.2 Å². The molecule has 1 atom stereocenters. The maximum absolute atomic E-state index is 12.1. The Morgan fingerprint density at radius 3 is 3.04 bits per heavy atom. The fourth-order valence-electron chi connectivity index (χ4n) is 3.70. The standard InChI is InChI=1S/C19H24N4O3/c1-19(2)10-14-8-13(4-5-17(14)26-19)16-12-23(21-20-16)15-9-18(24)22(11-15)6-7-25-3/h4-5,8,12,15H,6-7,9-11H2,1-3H3. The van der Waals surface area contributed by atoms with Crippen LogP contribution in [0.1, 0.15) is 31.9 Å². The summed E-state index contributed by atoms with van der Waals surface area (Å²) < 4.78 is 12.8. The van der Waals surface area contributed by atoms with Gasteiger partial charge in [-0.2, -0.15) is 0 Å². The molecule has 0 aliphatic carbocycles. The third kappa shape index (κ3) is 3.19. The maximum atomic E-state index is 12.1. The van der Waals surface area contributed by atoms with Crippen LogP contribution in [-0.4, -0.2) is 58.2 Å². The monoisotopic (exact) mass is 356 g/mol. The van der Waals surface area contributed by atoms with Gasteiger partial charge in [0.15, 0.2) is 0 Å². The average molecular weight is 356 g/mol. The van der Waals surface area contributed by atoms with Gasteiger partial charge in [0.2, 0.25) is 5.91 Å². The number of hydrogen-bond donors (Lipinski definition) is 0. The Morgan fingerprint density at radius 1 is 1.38 bits per heavy atom. The Kier molecular flexibility index (Phi) is 4.19. The van der Waals surface area contributed by atoms with Crippen LogP contribution in [0.25, 0.3) is 11.3 Å². The lowest BCUT2D eigenvalue weighted by atomic mass is 9.99. The first-order valence-electron chi connectivity index (χ1n) is 8.96. The smallest absolute Gasteiger partial charge is 0.224 e. The molecule has 2 aromatic rings. The number of fused-ring (bicyclic) bond motifs is 1. The van der Waals surface area contributed by atoms with Crippen molar-refractivity contribution in [1.82, 2.24) is 19.9 Å². The summed E-state index contributed by atoms with van der Waals surface area (Å²) >= 11 is 0. The molecule has 0 N–H and O–H groups in total. The molecule has 0 saturated carbocycles. The fourth-order valence-corrected chi connectivity index (χ4v) is 3.70. The third-order valence-corrected chi connectivity index (χ3v) is 5.00. The lowest BCUT2D eigenvalue weighted by Crippen LogP contribution is -2.29. The van der Waals surface area contributed by atoms with E-state index in [0.717, 1.165) is 23.4 Å². The Balaban J connectivity index is 1.50. The molecule has 1 aromatic carbocycles. The summed E-state index contributed by atoms with van der Waals surface area (Å²) in [6, 6.07) is 6.17. The zero-order chi connectivity index (χ0) is 18.3. The number of nitrogens with zero attached hydrogens (tertiary/aromatic N) is 4. The minimum absolute atomic E-state index is 0.0253. The molecular weight excluding hydrogens is 332 g/mol. The Hall–Kier alpha value is -2.41. The first kappa shape index (κ1) is 17.0. The summed E-state index contributed by atoms with van der Waals surface area (Å²) in [4.78, 5) is 13.9. The number of methoxy groups -OCH3 is 1. The molecule has 4 rings (SSSR count). The Morgan fingerprint density at radius 2 is 2.23 bits per heavy atom. The van der Waals surface area contributed by atoms with E-state index < -0.39 is 0 Å². The van der Waals surface area contributed by atoms with Crippen molar-refractivity contribution in [2.75, 3.05) is 26.8 Å². The lowest BCUT2D eigenvalue weighted by Gasteiger charge is -2.16. The predicted octanol–water partition coefficient (Wildman–Crippen LogP) is 2.08. The number of likely N-dealkylation sites (tertiary alicyclic amines) is 1. The van der Waals surface area contributed by atoms with E-state index in [0.29, 0.717) is 26.1 Å². The largest absolute Gasteiger partial charge is 0.487 e. The SMILES string of the molecule is COCCN1CC(n2cc(-c3ccc4c(c3)CC(C)(C)O4)nn2)CC1=O.